The van der Waals surface area contributed by atoms with Gasteiger partial charge in [0.2, 0.25) is 0 Å². The maximum atomic E-state index is 12.9. The Bertz CT molecular complexity index is 1210. The molecule has 0 saturated heterocycles. The number of ether oxygens (including phenoxy) is 3. The van der Waals surface area contributed by atoms with Crippen molar-refractivity contribution in [1.82, 2.24) is 0 Å². The molecule has 0 aromatic heterocycles. The number of allylic oxidation sites excluding steroid dienone is 10. The molecule has 67 heavy (non-hydrogen) atoms. The minimum Gasteiger partial charge on any atom is -0.462 e. The minimum absolute atomic E-state index is 0.0857. The minimum atomic E-state index is -0.789. The van der Waals surface area contributed by atoms with Gasteiger partial charge in [-0.15, -0.1) is 0 Å². The lowest BCUT2D eigenvalue weighted by atomic mass is 10.0. The molecule has 0 saturated carbocycles. The van der Waals surface area contributed by atoms with Gasteiger partial charge >= 0.3 is 17.9 Å². The van der Waals surface area contributed by atoms with E-state index >= 15 is 0 Å². The quantitative estimate of drug-likeness (QED) is 0.0199. The number of esters is 3. The first-order valence-electron chi connectivity index (χ1n) is 28.8. The number of carbonyl (C=O) groups is 3. The third-order valence-corrected chi connectivity index (χ3v) is 12.5. The standard InChI is InChI=1S/C61H108O6/c1-4-7-10-13-16-19-22-25-27-29-31-33-34-36-39-42-45-48-51-54-60(63)66-57-58(56-65-59(62)53-50-47-44-41-38-24-21-18-15-12-9-6-3)67-61(64)55-52-49-46-43-40-37-35-32-30-28-26-23-20-17-14-11-8-5-2/h9,12,16,18-19,21-22,25,38,41,58H,4-8,10-11,13-15,17,20,23-24,26-37,39-40,42-57H2,1-3H3/b12-9-,19-16-,21-18-,25-22-,41-38-. The molecule has 0 aromatic carbocycles. The molecule has 1 unspecified atom stereocenters. The first-order valence-corrected chi connectivity index (χ1v) is 28.8. The van der Waals surface area contributed by atoms with Gasteiger partial charge in [-0.1, -0.05) is 255 Å². The third-order valence-electron chi connectivity index (χ3n) is 12.5. The highest BCUT2D eigenvalue weighted by Gasteiger charge is 2.19. The first kappa shape index (κ1) is 64.1. The van der Waals surface area contributed by atoms with Crippen molar-refractivity contribution in [3.63, 3.8) is 0 Å². The van der Waals surface area contributed by atoms with Crippen molar-refractivity contribution < 1.29 is 28.6 Å². The van der Waals surface area contributed by atoms with E-state index in [1.54, 1.807) is 0 Å². The van der Waals surface area contributed by atoms with Crippen molar-refractivity contribution in [2.45, 2.75) is 297 Å². The van der Waals surface area contributed by atoms with Crippen molar-refractivity contribution in [2.75, 3.05) is 13.2 Å². The van der Waals surface area contributed by atoms with Crippen LogP contribution in [-0.2, 0) is 28.6 Å². The average Bonchev–Trinajstić information content (AvgIpc) is 3.33. The molecule has 6 heteroatoms. The van der Waals surface area contributed by atoms with Gasteiger partial charge < -0.3 is 14.2 Å². The molecule has 0 bridgehead atoms. The second-order valence-electron chi connectivity index (χ2n) is 19.2. The smallest absolute Gasteiger partial charge is 0.306 e. The van der Waals surface area contributed by atoms with Crippen LogP contribution in [0.1, 0.15) is 290 Å². The van der Waals surface area contributed by atoms with E-state index in [9.17, 15) is 14.4 Å². The molecule has 0 spiro atoms. The fourth-order valence-corrected chi connectivity index (χ4v) is 8.21. The van der Waals surface area contributed by atoms with Gasteiger partial charge in [0.25, 0.3) is 0 Å². The number of unbranched alkanes of at least 4 members (excludes halogenated alkanes) is 32. The second-order valence-corrected chi connectivity index (χ2v) is 19.2. The SMILES string of the molecule is CC/C=C\C/C=C\C/C=C\CCCCC(=O)OCC(COC(=O)CCCCCCCCCCCC/C=C\C=C/CCCCC)OC(=O)CCCCCCCCCCCCCCCCCCCC. The predicted octanol–water partition coefficient (Wildman–Crippen LogP) is 19.2. The van der Waals surface area contributed by atoms with E-state index in [-0.39, 0.29) is 31.1 Å². The summed E-state index contributed by atoms with van der Waals surface area (Å²) in [5, 5.41) is 0. The van der Waals surface area contributed by atoms with E-state index in [0.717, 1.165) is 77.0 Å². The van der Waals surface area contributed by atoms with E-state index in [1.165, 1.54) is 173 Å². The van der Waals surface area contributed by atoms with Gasteiger partial charge in [-0.2, -0.15) is 0 Å². The van der Waals surface area contributed by atoms with Crippen LogP contribution < -0.4 is 0 Å². The van der Waals surface area contributed by atoms with E-state index < -0.39 is 6.10 Å². The van der Waals surface area contributed by atoms with E-state index in [2.05, 4.69) is 81.5 Å². The Morgan fingerprint density at radius 1 is 0.328 bits per heavy atom. The summed E-state index contributed by atoms with van der Waals surface area (Å²) in [5.41, 5.74) is 0. The summed E-state index contributed by atoms with van der Waals surface area (Å²) >= 11 is 0. The number of hydrogen-bond donors (Lipinski definition) is 0. The lowest BCUT2D eigenvalue weighted by Gasteiger charge is -2.18. The second kappa shape index (κ2) is 55.7. The summed E-state index contributed by atoms with van der Waals surface area (Å²) in [6.45, 7) is 6.49. The van der Waals surface area contributed by atoms with Crippen LogP contribution in [0.4, 0.5) is 0 Å². The van der Waals surface area contributed by atoms with Crippen LogP contribution in [0.15, 0.2) is 60.8 Å². The van der Waals surface area contributed by atoms with Crippen LogP contribution in [0.2, 0.25) is 0 Å². The monoisotopic (exact) mass is 937 g/mol. The highest BCUT2D eigenvalue weighted by atomic mass is 16.6. The fourth-order valence-electron chi connectivity index (χ4n) is 8.21. The number of hydrogen-bond acceptors (Lipinski definition) is 6. The number of rotatable bonds is 52. The van der Waals surface area contributed by atoms with Gasteiger partial charge in [0.1, 0.15) is 13.2 Å². The van der Waals surface area contributed by atoms with Crippen molar-refractivity contribution in [1.29, 1.82) is 0 Å². The summed E-state index contributed by atoms with van der Waals surface area (Å²) in [7, 11) is 0. The van der Waals surface area contributed by atoms with Crippen molar-refractivity contribution >= 4 is 17.9 Å². The Balaban J connectivity index is 4.35. The molecule has 0 aliphatic rings. The molecular weight excluding hydrogens is 829 g/mol. The summed E-state index contributed by atoms with van der Waals surface area (Å²) in [6, 6.07) is 0. The average molecular weight is 938 g/mol. The van der Waals surface area contributed by atoms with Crippen LogP contribution in [0.3, 0.4) is 0 Å². The van der Waals surface area contributed by atoms with Crippen LogP contribution in [0.25, 0.3) is 0 Å². The molecule has 0 fully saturated rings. The van der Waals surface area contributed by atoms with Crippen LogP contribution in [-0.4, -0.2) is 37.2 Å². The van der Waals surface area contributed by atoms with E-state index in [4.69, 9.17) is 14.2 Å². The molecular formula is C61H108O6. The molecule has 0 rings (SSSR count). The van der Waals surface area contributed by atoms with Gasteiger partial charge in [0.05, 0.1) is 0 Å². The lowest BCUT2D eigenvalue weighted by molar-refractivity contribution is -0.167. The predicted molar refractivity (Wildman–Crippen MR) is 288 cm³/mol. The van der Waals surface area contributed by atoms with Gasteiger partial charge in [-0.05, 0) is 77.0 Å². The molecule has 6 nitrogen and oxygen atoms in total. The number of carbonyl (C=O) groups excluding carboxylic acids is 3. The maximum Gasteiger partial charge on any atom is 0.306 e. The van der Waals surface area contributed by atoms with Crippen LogP contribution >= 0.6 is 0 Å². The Labute approximate surface area is 415 Å². The van der Waals surface area contributed by atoms with Crippen LogP contribution in [0.5, 0.6) is 0 Å². The Hall–Kier alpha value is -2.89. The Kier molecular flexibility index (Phi) is 53.3. The molecule has 1 atom stereocenters. The first-order chi connectivity index (χ1) is 33.0. The van der Waals surface area contributed by atoms with Crippen molar-refractivity contribution in [3.05, 3.63) is 60.8 Å². The molecule has 0 N–H and O–H groups in total. The zero-order valence-electron chi connectivity index (χ0n) is 44.4. The summed E-state index contributed by atoms with van der Waals surface area (Å²) < 4.78 is 16.8. The maximum absolute atomic E-state index is 12.9. The molecule has 0 amide bonds. The Morgan fingerprint density at radius 3 is 1.06 bits per heavy atom. The lowest BCUT2D eigenvalue weighted by Crippen LogP contribution is -2.30. The van der Waals surface area contributed by atoms with E-state index in [0.29, 0.717) is 19.3 Å². The van der Waals surface area contributed by atoms with Crippen molar-refractivity contribution in [2.24, 2.45) is 0 Å². The van der Waals surface area contributed by atoms with Gasteiger partial charge in [0.15, 0.2) is 6.10 Å². The van der Waals surface area contributed by atoms with Crippen LogP contribution in [0, 0.1) is 0 Å². The normalized spacial score (nSPS) is 12.5. The molecule has 0 aromatic rings. The topological polar surface area (TPSA) is 78.9 Å². The summed E-state index contributed by atoms with van der Waals surface area (Å²) in [4.78, 5) is 38.1. The summed E-state index contributed by atoms with van der Waals surface area (Å²) in [5.74, 6) is -0.917. The third kappa shape index (κ3) is 53.9. The molecule has 0 aliphatic heterocycles. The zero-order valence-corrected chi connectivity index (χ0v) is 44.4. The molecule has 0 heterocycles. The van der Waals surface area contributed by atoms with Gasteiger partial charge in [0, 0.05) is 19.3 Å². The zero-order chi connectivity index (χ0) is 48.6. The largest absolute Gasteiger partial charge is 0.462 e. The van der Waals surface area contributed by atoms with Crippen molar-refractivity contribution in [3.8, 4) is 0 Å². The van der Waals surface area contributed by atoms with E-state index in [1.807, 2.05) is 0 Å². The highest BCUT2D eigenvalue weighted by Crippen LogP contribution is 2.16. The van der Waals surface area contributed by atoms with Gasteiger partial charge in [-0.3, -0.25) is 14.4 Å². The Morgan fingerprint density at radius 2 is 0.627 bits per heavy atom. The fraction of sp³-hybridized carbons (Fsp3) is 0.787. The highest BCUT2D eigenvalue weighted by molar-refractivity contribution is 5.71. The van der Waals surface area contributed by atoms with Gasteiger partial charge in [-0.25, -0.2) is 0 Å². The molecule has 0 aliphatic carbocycles. The molecule has 0 radical (unpaired) electrons. The molecule has 388 valence electrons. The summed E-state index contributed by atoms with van der Waals surface area (Å²) in [6.07, 6.45) is 69.3.